The highest BCUT2D eigenvalue weighted by molar-refractivity contribution is 9.10. The summed E-state index contributed by atoms with van der Waals surface area (Å²) < 4.78 is 0.802. The molecule has 20 heavy (non-hydrogen) atoms. The minimum absolute atomic E-state index is 0.0801. The molecule has 1 unspecified atom stereocenters. The number of benzene rings is 2. The lowest BCUT2D eigenvalue weighted by atomic mass is 10.00. The highest BCUT2D eigenvalue weighted by Gasteiger charge is 2.10. The van der Waals surface area contributed by atoms with Crippen LogP contribution in [0.2, 0.25) is 5.02 Å². The number of rotatable bonds is 4. The Kier molecular flexibility index (Phi) is 4.75. The van der Waals surface area contributed by atoms with Crippen molar-refractivity contribution in [1.29, 1.82) is 0 Å². The van der Waals surface area contributed by atoms with E-state index in [2.05, 4.69) is 15.9 Å². The second kappa shape index (κ2) is 6.35. The Morgan fingerprint density at radius 2 is 1.90 bits per heavy atom. The standard InChI is InChI=1S/C14H12BrClN2O2/c15-12-8-10(3-6-13(12)16)14(17)7-9-1-4-11(5-2-9)18(19)20/h1-6,8,14H,7,17H2. The van der Waals surface area contributed by atoms with Crippen molar-refractivity contribution in [3.05, 3.63) is 73.2 Å². The summed E-state index contributed by atoms with van der Waals surface area (Å²) in [6.07, 6.45) is 0.603. The summed E-state index contributed by atoms with van der Waals surface area (Å²) in [4.78, 5) is 10.2. The molecule has 0 bridgehead atoms. The Hall–Kier alpha value is -1.43. The predicted octanol–water partition coefficient (Wildman–Crippen LogP) is 4.25. The fraction of sp³-hybridized carbons (Fsp3) is 0.143. The Morgan fingerprint density at radius 3 is 2.45 bits per heavy atom. The van der Waals surface area contributed by atoms with Crippen LogP contribution in [-0.4, -0.2) is 4.92 Å². The van der Waals surface area contributed by atoms with E-state index in [1.165, 1.54) is 12.1 Å². The molecule has 2 aromatic carbocycles. The molecule has 0 radical (unpaired) electrons. The van der Waals surface area contributed by atoms with E-state index in [4.69, 9.17) is 17.3 Å². The molecule has 2 aromatic rings. The van der Waals surface area contributed by atoms with Crippen molar-refractivity contribution in [2.45, 2.75) is 12.5 Å². The maximum atomic E-state index is 10.6. The Morgan fingerprint density at radius 1 is 1.25 bits per heavy atom. The minimum atomic E-state index is -0.417. The summed E-state index contributed by atoms with van der Waals surface area (Å²) in [5.74, 6) is 0. The molecule has 4 nitrogen and oxygen atoms in total. The molecule has 2 N–H and O–H groups in total. The van der Waals surface area contributed by atoms with Crippen LogP contribution < -0.4 is 5.73 Å². The molecular formula is C14H12BrClN2O2. The van der Waals surface area contributed by atoms with E-state index in [9.17, 15) is 10.1 Å². The van der Waals surface area contributed by atoms with Crippen LogP contribution in [0.15, 0.2) is 46.9 Å². The summed E-state index contributed by atoms with van der Waals surface area (Å²) in [5.41, 5.74) is 8.14. The maximum absolute atomic E-state index is 10.6. The number of nitro groups is 1. The smallest absolute Gasteiger partial charge is 0.269 e. The van der Waals surface area contributed by atoms with Crippen molar-refractivity contribution < 1.29 is 4.92 Å². The van der Waals surface area contributed by atoms with Crippen molar-refractivity contribution in [2.75, 3.05) is 0 Å². The highest BCUT2D eigenvalue weighted by atomic mass is 79.9. The third kappa shape index (κ3) is 3.56. The number of hydrogen-bond donors (Lipinski definition) is 1. The van der Waals surface area contributed by atoms with Gasteiger partial charge in [0.1, 0.15) is 0 Å². The summed E-state index contributed by atoms with van der Waals surface area (Å²) in [7, 11) is 0. The average Bonchev–Trinajstić information content (AvgIpc) is 2.42. The first-order chi connectivity index (χ1) is 9.47. The topological polar surface area (TPSA) is 69.2 Å². The van der Waals surface area contributed by atoms with E-state index in [0.717, 1.165) is 15.6 Å². The Bertz CT molecular complexity index is 632. The zero-order chi connectivity index (χ0) is 14.7. The third-order valence-corrected chi connectivity index (χ3v) is 4.19. The normalized spacial score (nSPS) is 12.2. The van der Waals surface area contributed by atoms with Crippen LogP contribution >= 0.6 is 27.5 Å². The van der Waals surface area contributed by atoms with Gasteiger partial charge in [0, 0.05) is 22.6 Å². The van der Waals surface area contributed by atoms with Gasteiger partial charge in [-0.05, 0) is 45.6 Å². The summed E-state index contributed by atoms with van der Waals surface area (Å²) in [6.45, 7) is 0. The molecule has 0 fully saturated rings. The lowest BCUT2D eigenvalue weighted by molar-refractivity contribution is -0.384. The zero-order valence-electron chi connectivity index (χ0n) is 10.4. The molecular weight excluding hydrogens is 344 g/mol. The molecule has 0 spiro atoms. The first-order valence-corrected chi connectivity index (χ1v) is 7.08. The first-order valence-electron chi connectivity index (χ1n) is 5.91. The Labute approximate surface area is 129 Å². The molecule has 104 valence electrons. The van der Waals surface area contributed by atoms with Gasteiger partial charge >= 0.3 is 0 Å². The van der Waals surface area contributed by atoms with Crippen LogP contribution in [0.4, 0.5) is 5.69 Å². The lowest BCUT2D eigenvalue weighted by Crippen LogP contribution is -2.13. The number of nitro benzene ring substituents is 1. The van der Waals surface area contributed by atoms with Crippen LogP contribution in [-0.2, 0) is 6.42 Å². The summed E-state index contributed by atoms with van der Waals surface area (Å²) in [6, 6.07) is 11.8. The largest absolute Gasteiger partial charge is 0.324 e. The lowest BCUT2D eigenvalue weighted by Gasteiger charge is -2.13. The van der Waals surface area contributed by atoms with Crippen molar-refractivity contribution in [2.24, 2.45) is 5.73 Å². The predicted molar refractivity (Wildman–Crippen MR) is 82.9 cm³/mol. The first kappa shape index (κ1) is 15.0. The molecule has 0 amide bonds. The van der Waals surface area contributed by atoms with Gasteiger partial charge in [0.05, 0.1) is 9.95 Å². The minimum Gasteiger partial charge on any atom is -0.324 e. The molecule has 6 heteroatoms. The number of nitrogens with zero attached hydrogens (tertiary/aromatic N) is 1. The van der Waals surface area contributed by atoms with E-state index in [1.807, 2.05) is 12.1 Å². The van der Waals surface area contributed by atoms with Gasteiger partial charge in [0.25, 0.3) is 5.69 Å². The number of non-ortho nitro benzene ring substituents is 1. The van der Waals surface area contributed by atoms with Crippen molar-refractivity contribution in [3.63, 3.8) is 0 Å². The number of nitrogens with two attached hydrogens (primary N) is 1. The van der Waals surface area contributed by atoms with Crippen LogP contribution in [0, 0.1) is 10.1 Å². The zero-order valence-corrected chi connectivity index (χ0v) is 12.8. The SMILES string of the molecule is NC(Cc1ccc([N+](=O)[O-])cc1)c1ccc(Cl)c(Br)c1. The van der Waals surface area contributed by atoms with E-state index in [1.54, 1.807) is 18.2 Å². The molecule has 0 aliphatic heterocycles. The van der Waals surface area contributed by atoms with Gasteiger partial charge in [0.15, 0.2) is 0 Å². The summed E-state index contributed by atoms with van der Waals surface area (Å²) >= 11 is 9.30. The third-order valence-electron chi connectivity index (χ3n) is 2.97. The number of hydrogen-bond acceptors (Lipinski definition) is 3. The second-order valence-corrected chi connectivity index (χ2v) is 5.67. The molecule has 1 atom stereocenters. The Balaban J connectivity index is 2.12. The summed E-state index contributed by atoms with van der Waals surface area (Å²) in [5, 5.41) is 11.2. The molecule has 0 aliphatic rings. The van der Waals surface area contributed by atoms with Crippen molar-refractivity contribution >= 4 is 33.2 Å². The second-order valence-electron chi connectivity index (χ2n) is 4.41. The molecule has 0 heterocycles. The van der Waals surface area contributed by atoms with Gasteiger partial charge in [-0.1, -0.05) is 29.8 Å². The van der Waals surface area contributed by atoms with Gasteiger partial charge in [-0.2, -0.15) is 0 Å². The van der Waals surface area contributed by atoms with Gasteiger partial charge < -0.3 is 5.73 Å². The fourth-order valence-corrected chi connectivity index (χ4v) is 2.38. The molecule has 0 aromatic heterocycles. The highest BCUT2D eigenvalue weighted by Crippen LogP contribution is 2.27. The van der Waals surface area contributed by atoms with Crippen molar-refractivity contribution in [1.82, 2.24) is 0 Å². The van der Waals surface area contributed by atoms with E-state index in [-0.39, 0.29) is 11.7 Å². The molecule has 0 aliphatic carbocycles. The van der Waals surface area contributed by atoms with E-state index < -0.39 is 4.92 Å². The number of halogens is 2. The van der Waals surface area contributed by atoms with Crippen molar-refractivity contribution in [3.8, 4) is 0 Å². The quantitative estimate of drug-likeness (QED) is 0.658. The van der Waals surface area contributed by atoms with Crippen LogP contribution in [0.5, 0.6) is 0 Å². The fourth-order valence-electron chi connectivity index (χ4n) is 1.87. The van der Waals surface area contributed by atoms with Gasteiger partial charge in [-0.25, -0.2) is 0 Å². The molecule has 2 rings (SSSR count). The van der Waals surface area contributed by atoms with E-state index >= 15 is 0 Å². The van der Waals surface area contributed by atoms with Gasteiger partial charge in [-0.3, -0.25) is 10.1 Å². The molecule has 0 saturated carbocycles. The van der Waals surface area contributed by atoms with Crippen LogP contribution in [0.3, 0.4) is 0 Å². The monoisotopic (exact) mass is 354 g/mol. The van der Waals surface area contributed by atoms with Crippen LogP contribution in [0.1, 0.15) is 17.2 Å². The average molecular weight is 356 g/mol. The molecule has 0 saturated heterocycles. The van der Waals surface area contributed by atoms with Crippen LogP contribution in [0.25, 0.3) is 0 Å². The maximum Gasteiger partial charge on any atom is 0.269 e. The van der Waals surface area contributed by atoms with E-state index in [0.29, 0.717) is 11.4 Å². The van der Waals surface area contributed by atoms with Gasteiger partial charge in [0.2, 0.25) is 0 Å². The van der Waals surface area contributed by atoms with Gasteiger partial charge in [-0.15, -0.1) is 0 Å².